The van der Waals surface area contributed by atoms with Gasteiger partial charge in [0.1, 0.15) is 5.58 Å². The second kappa shape index (κ2) is 15.2. The highest BCUT2D eigenvalue weighted by Crippen LogP contribution is 2.72. The third-order valence-corrected chi connectivity index (χ3v) is 20.9. The summed E-state index contributed by atoms with van der Waals surface area (Å²) in [5.74, 6) is 1.53. The van der Waals surface area contributed by atoms with Crippen LogP contribution in [0.3, 0.4) is 0 Å². The minimum Gasteiger partial charge on any atom is -0.468 e. The predicted octanol–water partition coefficient (Wildman–Crippen LogP) is 16.7. The lowest BCUT2D eigenvalue weighted by Crippen LogP contribution is -2.61. The monoisotopic (exact) mass is 978 g/mol. The van der Waals surface area contributed by atoms with E-state index in [9.17, 15) is 0 Å². The van der Waals surface area contributed by atoms with E-state index < -0.39 is 0 Å². The topological polar surface area (TPSA) is 22.9 Å². The molecule has 0 N–H and O–H groups in total. The third kappa shape index (κ3) is 6.40. The Morgan fingerprint density at radius 1 is 0.743 bits per heavy atom. The fourth-order valence-electron chi connectivity index (χ4n) is 16.7. The Bertz CT molecular complexity index is 3410. The summed E-state index contributed by atoms with van der Waals surface area (Å²) >= 11 is 0. The molecule has 1 fully saturated rings. The van der Waals surface area contributed by atoms with Crippen LogP contribution in [-0.4, -0.2) is 18.8 Å². The molecule has 0 bridgehead atoms. The molecule has 74 heavy (non-hydrogen) atoms. The molecule has 0 saturated heterocycles. The third-order valence-electron chi connectivity index (χ3n) is 20.9. The van der Waals surface area contributed by atoms with Gasteiger partial charge in [0.15, 0.2) is 0 Å². The highest BCUT2D eigenvalue weighted by Gasteiger charge is 2.66. The summed E-state index contributed by atoms with van der Waals surface area (Å²) in [5, 5.41) is 1.27. The standard InChI is InChI=1S/C69H80BN3O/c1-40-35-41(64(2,3)4)25-28-50(40)72-52-37-45(71(43-21-17-15-18-22-43)44-23-19-16-20-24-44)38-53-60(52)70(63-61(72)48-36-42(65(5,6)7)26-30-54(48)74-63)59-47-39-46(47)55-58-62(59)73(53)51-29-27-49-56(68(12,13)32-31-66(49,8)9)57(51)69(58,14)34-33-67(55,10)11/h15-23,25-30,36,38,41,44,46-47,52H,24,31-35,37,39H2,1-14H3. The molecular formula is C69H80BN3O. The van der Waals surface area contributed by atoms with Crippen molar-refractivity contribution in [2.24, 2.45) is 28.6 Å². The highest BCUT2D eigenvalue weighted by atomic mass is 16.3. The van der Waals surface area contributed by atoms with Crippen LogP contribution in [0.5, 0.6) is 0 Å². The Labute approximate surface area is 443 Å². The molecule has 5 heteroatoms. The molecule has 4 nitrogen and oxygen atoms in total. The second-order valence-corrected chi connectivity index (χ2v) is 29.0. The van der Waals surface area contributed by atoms with Gasteiger partial charge in [0, 0.05) is 45.7 Å². The Morgan fingerprint density at radius 3 is 2.22 bits per heavy atom. The highest BCUT2D eigenvalue weighted by molar-refractivity contribution is 6.88. The van der Waals surface area contributed by atoms with Crippen LogP contribution in [0, 0.1) is 28.6 Å². The molecule has 1 aromatic heterocycles. The van der Waals surface area contributed by atoms with Crippen LogP contribution < -0.4 is 20.4 Å². The van der Waals surface area contributed by atoms with E-state index in [0.29, 0.717) is 17.8 Å². The minimum atomic E-state index is -0.119. The molecule has 3 aromatic carbocycles. The zero-order valence-electron chi connectivity index (χ0n) is 47.2. The van der Waals surface area contributed by atoms with E-state index >= 15 is 0 Å². The molecule has 6 atom stereocenters. The largest absolute Gasteiger partial charge is 0.468 e. The average Bonchev–Trinajstić information content (AvgIpc) is 4.23. The molecule has 4 heterocycles. The van der Waals surface area contributed by atoms with Gasteiger partial charge in [-0.15, -0.1) is 0 Å². The SMILES string of the molecule is CC1=C(N2c3c(oc4ccc(C(C)(C)C)cc34)B3C4=C5C6=C(C7CC47)C(C)(C)CCC6(C)c4c(ccc6c4C(C)(C)CCC6(C)C)N5C4=C3C2CC(N(c2ccccc2)C2C=CC=CC2)=C4)C=CC(C(C)(C)C)C1. The van der Waals surface area contributed by atoms with Gasteiger partial charge in [0.2, 0.25) is 0 Å². The molecule has 7 aliphatic carbocycles. The fraction of sp³-hybridized carbons (Fsp3) is 0.478. The number of rotatable bonds is 4. The number of para-hydroxylation sites is 1. The summed E-state index contributed by atoms with van der Waals surface area (Å²) in [6.45, 7) is 35.0. The van der Waals surface area contributed by atoms with E-state index in [-0.39, 0.29) is 51.3 Å². The smallest absolute Gasteiger partial charge is 0.289 e. The zero-order valence-corrected chi connectivity index (χ0v) is 47.2. The molecule has 1 saturated carbocycles. The van der Waals surface area contributed by atoms with Crippen molar-refractivity contribution in [3.8, 4) is 0 Å². The first-order chi connectivity index (χ1) is 35.0. The maximum atomic E-state index is 7.72. The molecule has 4 aromatic rings. The van der Waals surface area contributed by atoms with Crippen LogP contribution in [0.15, 0.2) is 158 Å². The zero-order chi connectivity index (χ0) is 51.6. The van der Waals surface area contributed by atoms with Crippen molar-refractivity contribution in [3.63, 3.8) is 0 Å². The normalized spacial score (nSPS) is 29.5. The summed E-state index contributed by atoms with van der Waals surface area (Å²) in [4.78, 5) is 8.52. The van der Waals surface area contributed by atoms with Gasteiger partial charge in [-0.2, -0.15) is 0 Å². The molecular weight excluding hydrogens is 898 g/mol. The van der Waals surface area contributed by atoms with Crippen molar-refractivity contribution in [1.82, 2.24) is 0 Å². The fourth-order valence-corrected chi connectivity index (χ4v) is 16.7. The van der Waals surface area contributed by atoms with Crippen molar-refractivity contribution >= 4 is 40.4 Å². The number of benzene rings is 3. The van der Waals surface area contributed by atoms with E-state index in [2.05, 4.69) is 215 Å². The van der Waals surface area contributed by atoms with E-state index in [1.54, 1.807) is 38.8 Å². The maximum absolute atomic E-state index is 7.72. The van der Waals surface area contributed by atoms with Gasteiger partial charge >= 0.3 is 0 Å². The Kier molecular flexibility index (Phi) is 9.64. The molecule has 14 rings (SSSR count). The number of anilines is 3. The molecule has 0 radical (unpaired) electrons. The first-order valence-corrected chi connectivity index (χ1v) is 28.8. The summed E-state index contributed by atoms with van der Waals surface area (Å²) in [6.07, 6.45) is 26.1. The van der Waals surface area contributed by atoms with Crippen molar-refractivity contribution in [1.29, 1.82) is 0 Å². The molecule has 3 aliphatic heterocycles. The average molecular weight is 978 g/mol. The number of nitrogens with zero attached hydrogens (tertiary/aromatic N) is 3. The van der Waals surface area contributed by atoms with Crippen LogP contribution in [0.1, 0.15) is 171 Å². The Balaban J connectivity index is 1.13. The molecule has 10 aliphatic rings. The predicted molar refractivity (Wildman–Crippen MR) is 312 cm³/mol. The first-order valence-electron chi connectivity index (χ1n) is 28.8. The quantitative estimate of drug-likeness (QED) is 0.190. The summed E-state index contributed by atoms with van der Waals surface area (Å²) in [7, 11) is 0. The van der Waals surface area contributed by atoms with Gasteiger partial charge in [-0.3, -0.25) is 0 Å². The number of hydrogen-bond acceptors (Lipinski definition) is 4. The number of furan rings is 1. The number of fused-ring (bicyclic) bond motifs is 14. The van der Waals surface area contributed by atoms with Crippen LogP contribution >= 0.6 is 0 Å². The van der Waals surface area contributed by atoms with Crippen molar-refractivity contribution in [2.45, 2.75) is 182 Å². The van der Waals surface area contributed by atoms with Gasteiger partial charge in [0.05, 0.1) is 29.1 Å². The lowest BCUT2D eigenvalue weighted by molar-refractivity contribution is 0.275. The molecule has 0 amide bonds. The lowest BCUT2D eigenvalue weighted by atomic mass is 9.30. The van der Waals surface area contributed by atoms with Crippen LogP contribution in [0.25, 0.3) is 11.0 Å². The van der Waals surface area contributed by atoms with Gasteiger partial charge in [-0.25, -0.2) is 0 Å². The van der Waals surface area contributed by atoms with Gasteiger partial charge < -0.3 is 19.1 Å². The van der Waals surface area contributed by atoms with E-state index in [4.69, 9.17) is 4.42 Å². The van der Waals surface area contributed by atoms with E-state index in [0.717, 1.165) is 24.8 Å². The van der Waals surface area contributed by atoms with Gasteiger partial charge in [-0.1, -0.05) is 162 Å². The first kappa shape index (κ1) is 47.1. The number of allylic oxidation sites excluding steroid dienone is 9. The lowest BCUT2D eigenvalue weighted by Gasteiger charge is -2.60. The maximum Gasteiger partial charge on any atom is 0.289 e. The minimum absolute atomic E-state index is 0.0189. The van der Waals surface area contributed by atoms with Gasteiger partial charge in [0.25, 0.3) is 6.71 Å². The van der Waals surface area contributed by atoms with Gasteiger partial charge in [-0.05, 0) is 178 Å². The molecule has 380 valence electrons. The molecule has 6 unspecified atom stereocenters. The number of hydrogen-bond donors (Lipinski definition) is 0. The summed E-state index contributed by atoms with van der Waals surface area (Å²) in [5.41, 5.74) is 26.5. The van der Waals surface area contributed by atoms with Crippen molar-refractivity contribution in [3.05, 3.63) is 176 Å². The summed E-state index contributed by atoms with van der Waals surface area (Å²) in [6, 6.07) is 24.0. The van der Waals surface area contributed by atoms with E-state index in [1.165, 1.54) is 94.1 Å². The van der Waals surface area contributed by atoms with Crippen LogP contribution in [0.2, 0.25) is 0 Å². The van der Waals surface area contributed by atoms with Crippen molar-refractivity contribution < 1.29 is 4.42 Å². The molecule has 0 spiro atoms. The van der Waals surface area contributed by atoms with Crippen molar-refractivity contribution in [2.75, 3.05) is 14.7 Å². The Hall–Kier alpha value is -5.42. The Morgan fingerprint density at radius 2 is 1.50 bits per heavy atom. The second-order valence-electron chi connectivity index (χ2n) is 29.0. The van der Waals surface area contributed by atoms with Crippen LogP contribution in [0.4, 0.5) is 17.1 Å². The van der Waals surface area contributed by atoms with Crippen LogP contribution in [-0.2, 0) is 21.7 Å². The van der Waals surface area contributed by atoms with E-state index in [1.807, 2.05) is 0 Å². The summed E-state index contributed by atoms with van der Waals surface area (Å²) < 4.78 is 7.72.